The molecular weight excluding hydrogens is 394 g/mol. The molecule has 0 radical (unpaired) electrons. The fraction of sp³-hybridized carbons (Fsp3) is 0.318. The van der Waals surface area contributed by atoms with Crippen LogP contribution in [0.5, 0.6) is 0 Å². The Hall–Kier alpha value is -3.29. The molecule has 8 heteroatoms. The molecule has 0 saturated carbocycles. The summed E-state index contributed by atoms with van der Waals surface area (Å²) in [4.78, 5) is 38.7. The minimum Gasteiger partial charge on any atom is -0.468 e. The zero-order chi connectivity index (χ0) is 22.1. The van der Waals surface area contributed by atoms with Gasteiger partial charge in [0, 0.05) is 11.8 Å². The highest BCUT2D eigenvalue weighted by atomic mass is 19.1. The molecule has 2 amide bonds. The van der Waals surface area contributed by atoms with Crippen LogP contribution < -0.4 is 10.2 Å². The van der Waals surface area contributed by atoms with Crippen molar-refractivity contribution in [1.82, 2.24) is 5.32 Å². The highest BCUT2D eigenvalue weighted by molar-refractivity contribution is 6.02. The summed E-state index contributed by atoms with van der Waals surface area (Å²) in [7, 11) is 1.22. The van der Waals surface area contributed by atoms with E-state index < -0.39 is 35.5 Å². The molecule has 2 rings (SSSR count). The minimum atomic E-state index is -0.911. The Balaban J connectivity index is 2.19. The molecule has 6 nitrogen and oxygen atoms in total. The molecule has 1 N–H and O–H groups in total. The highest BCUT2D eigenvalue weighted by Crippen LogP contribution is 2.16. The Bertz CT molecular complexity index is 870. The van der Waals surface area contributed by atoms with Gasteiger partial charge >= 0.3 is 5.97 Å². The van der Waals surface area contributed by atoms with Crippen molar-refractivity contribution in [3.63, 3.8) is 0 Å². The van der Waals surface area contributed by atoms with Gasteiger partial charge in [0.2, 0.25) is 11.8 Å². The topological polar surface area (TPSA) is 75.7 Å². The molecule has 30 heavy (non-hydrogen) atoms. The maximum absolute atomic E-state index is 13.4. The smallest absolute Gasteiger partial charge is 0.325 e. The number of carbonyl (C=O) groups is 3. The summed E-state index contributed by atoms with van der Waals surface area (Å²) in [5.74, 6) is -3.21. The Morgan fingerprint density at radius 2 is 1.70 bits per heavy atom. The zero-order valence-electron chi connectivity index (χ0n) is 16.9. The molecule has 0 aliphatic heterocycles. The fourth-order valence-corrected chi connectivity index (χ4v) is 2.98. The summed E-state index contributed by atoms with van der Waals surface area (Å²) in [5.41, 5.74) is 0.637. The average molecular weight is 418 g/mol. The molecule has 0 aliphatic rings. The van der Waals surface area contributed by atoms with Crippen molar-refractivity contribution in [3.8, 4) is 0 Å². The van der Waals surface area contributed by atoms with E-state index in [4.69, 9.17) is 0 Å². The second kappa shape index (κ2) is 11.0. The number of methoxy groups -OCH3 is 1. The van der Waals surface area contributed by atoms with Crippen molar-refractivity contribution in [2.75, 3.05) is 18.6 Å². The summed E-state index contributed by atoms with van der Waals surface area (Å²) < 4.78 is 31.4. The number of nitrogens with one attached hydrogen (secondary N) is 1. The van der Waals surface area contributed by atoms with E-state index in [0.29, 0.717) is 18.5 Å². The van der Waals surface area contributed by atoms with Gasteiger partial charge in [-0.25, -0.2) is 8.78 Å². The van der Waals surface area contributed by atoms with Crippen LogP contribution in [0.4, 0.5) is 14.5 Å². The van der Waals surface area contributed by atoms with Crippen LogP contribution >= 0.6 is 0 Å². The number of esters is 1. The molecule has 160 valence electrons. The summed E-state index contributed by atoms with van der Waals surface area (Å²) in [6, 6.07) is 10.5. The first-order valence-electron chi connectivity index (χ1n) is 9.51. The van der Waals surface area contributed by atoms with Gasteiger partial charge in [0.15, 0.2) is 0 Å². The van der Waals surface area contributed by atoms with Gasteiger partial charge in [-0.2, -0.15) is 0 Å². The molecule has 0 unspecified atom stereocenters. The molecule has 0 saturated heterocycles. The number of rotatable bonds is 9. The number of carbonyl (C=O) groups excluding carboxylic acids is 3. The lowest BCUT2D eigenvalue weighted by atomic mass is 10.1. The number of amides is 2. The predicted molar refractivity (Wildman–Crippen MR) is 108 cm³/mol. The van der Waals surface area contributed by atoms with E-state index in [1.165, 1.54) is 12.0 Å². The van der Waals surface area contributed by atoms with E-state index in [9.17, 15) is 23.2 Å². The number of hydrogen-bond donors (Lipinski definition) is 1. The van der Waals surface area contributed by atoms with Crippen molar-refractivity contribution in [1.29, 1.82) is 0 Å². The number of anilines is 1. The average Bonchev–Trinajstić information content (AvgIpc) is 2.70. The number of ether oxygens (including phenoxy) is 1. The lowest BCUT2D eigenvalue weighted by Gasteiger charge is -2.27. The van der Waals surface area contributed by atoms with Crippen LogP contribution in [0, 0.1) is 11.6 Å². The Kier molecular flexibility index (Phi) is 8.46. The maximum atomic E-state index is 13.4. The van der Waals surface area contributed by atoms with Gasteiger partial charge in [-0.1, -0.05) is 31.5 Å². The van der Waals surface area contributed by atoms with Gasteiger partial charge in [-0.05, 0) is 36.2 Å². The van der Waals surface area contributed by atoms with E-state index in [-0.39, 0.29) is 18.5 Å². The number of para-hydroxylation sites is 1. The SMILES string of the molecule is CCC[C@H](NC(=O)Cc1cc(F)cc(F)c1)C(=O)N(CC(=O)OC)c1ccccc1. The van der Waals surface area contributed by atoms with Gasteiger partial charge in [0.05, 0.1) is 13.5 Å². The number of halogens is 2. The lowest BCUT2D eigenvalue weighted by molar-refractivity contribution is -0.140. The Labute approximate surface area is 173 Å². The second-order valence-electron chi connectivity index (χ2n) is 6.70. The molecular formula is C22H24F2N2O4. The summed E-state index contributed by atoms with van der Waals surface area (Å²) >= 11 is 0. The van der Waals surface area contributed by atoms with Crippen molar-refractivity contribution in [3.05, 3.63) is 65.7 Å². The molecule has 0 aromatic heterocycles. The van der Waals surface area contributed by atoms with Crippen LogP contribution in [0.1, 0.15) is 25.3 Å². The van der Waals surface area contributed by atoms with E-state index >= 15 is 0 Å². The molecule has 0 bridgehead atoms. The van der Waals surface area contributed by atoms with Crippen molar-refractivity contribution >= 4 is 23.5 Å². The number of benzene rings is 2. The van der Waals surface area contributed by atoms with Crippen molar-refractivity contribution < 1.29 is 27.9 Å². The normalized spacial score (nSPS) is 11.5. The second-order valence-corrected chi connectivity index (χ2v) is 6.70. The number of hydrogen-bond acceptors (Lipinski definition) is 4. The first-order valence-corrected chi connectivity index (χ1v) is 9.51. The van der Waals surface area contributed by atoms with Crippen molar-refractivity contribution in [2.45, 2.75) is 32.2 Å². The first kappa shape index (κ1) is 23.0. The summed E-state index contributed by atoms with van der Waals surface area (Å²) in [6.45, 7) is 1.53. The monoisotopic (exact) mass is 418 g/mol. The van der Waals surface area contributed by atoms with Crippen LogP contribution in [0.2, 0.25) is 0 Å². The molecule has 0 heterocycles. The van der Waals surface area contributed by atoms with E-state index in [2.05, 4.69) is 10.1 Å². The van der Waals surface area contributed by atoms with Gasteiger partial charge in [-0.3, -0.25) is 19.3 Å². The lowest BCUT2D eigenvalue weighted by Crippen LogP contribution is -2.50. The quantitative estimate of drug-likeness (QED) is 0.636. The Morgan fingerprint density at radius 3 is 2.27 bits per heavy atom. The standard InChI is InChI=1S/C22H24F2N2O4/c1-3-7-19(25-20(27)12-15-10-16(23)13-17(24)11-15)22(29)26(14-21(28)30-2)18-8-5-4-6-9-18/h4-6,8-11,13,19H,3,7,12,14H2,1-2H3,(H,25,27)/t19-/m0/s1. The van der Waals surface area contributed by atoms with Gasteiger partial charge < -0.3 is 10.1 Å². The van der Waals surface area contributed by atoms with Crippen LogP contribution in [0.15, 0.2) is 48.5 Å². The third-order valence-electron chi connectivity index (χ3n) is 4.35. The third kappa shape index (κ3) is 6.65. The molecule has 0 aliphatic carbocycles. The van der Waals surface area contributed by atoms with E-state index in [1.807, 2.05) is 6.92 Å². The highest BCUT2D eigenvalue weighted by Gasteiger charge is 2.28. The molecule has 1 atom stereocenters. The predicted octanol–water partition coefficient (Wildman–Crippen LogP) is 3.00. The van der Waals surface area contributed by atoms with E-state index in [0.717, 1.165) is 18.2 Å². The molecule has 2 aromatic rings. The van der Waals surface area contributed by atoms with Crippen LogP contribution in [0.25, 0.3) is 0 Å². The third-order valence-corrected chi connectivity index (χ3v) is 4.35. The summed E-state index contributed by atoms with van der Waals surface area (Å²) in [6.07, 6.45) is 0.628. The summed E-state index contributed by atoms with van der Waals surface area (Å²) in [5, 5.41) is 2.62. The number of nitrogens with zero attached hydrogens (tertiary/aromatic N) is 1. The van der Waals surface area contributed by atoms with Crippen LogP contribution in [-0.2, 0) is 25.5 Å². The van der Waals surface area contributed by atoms with Crippen LogP contribution in [0.3, 0.4) is 0 Å². The fourth-order valence-electron chi connectivity index (χ4n) is 2.98. The minimum absolute atomic E-state index is 0.155. The van der Waals surface area contributed by atoms with Gasteiger partial charge in [0.1, 0.15) is 24.2 Å². The van der Waals surface area contributed by atoms with Crippen LogP contribution in [-0.4, -0.2) is 37.5 Å². The Morgan fingerprint density at radius 1 is 1.07 bits per heavy atom. The van der Waals surface area contributed by atoms with Gasteiger partial charge in [0.25, 0.3) is 0 Å². The largest absolute Gasteiger partial charge is 0.468 e. The maximum Gasteiger partial charge on any atom is 0.325 e. The van der Waals surface area contributed by atoms with E-state index in [1.54, 1.807) is 30.3 Å². The zero-order valence-corrected chi connectivity index (χ0v) is 16.9. The van der Waals surface area contributed by atoms with Gasteiger partial charge in [-0.15, -0.1) is 0 Å². The molecule has 0 fully saturated rings. The van der Waals surface area contributed by atoms with Crippen molar-refractivity contribution in [2.24, 2.45) is 0 Å². The molecule has 0 spiro atoms. The first-order chi connectivity index (χ1) is 14.3. The molecule has 2 aromatic carbocycles.